The average Bonchev–Trinajstić information content (AvgIpc) is 2.97. The second-order valence-corrected chi connectivity index (χ2v) is 13.2. The van der Waals surface area contributed by atoms with Gasteiger partial charge in [-0.3, -0.25) is 9.36 Å². The molecule has 1 amide bonds. The van der Waals surface area contributed by atoms with Gasteiger partial charge in [-0.25, -0.2) is 9.78 Å². The Labute approximate surface area is 272 Å². The Morgan fingerprint density at radius 3 is 2.24 bits per heavy atom. The number of amides is 1. The summed E-state index contributed by atoms with van der Waals surface area (Å²) in [4.78, 5) is 37.3. The summed E-state index contributed by atoms with van der Waals surface area (Å²) in [5, 5.41) is 14.0. The summed E-state index contributed by atoms with van der Waals surface area (Å²) in [5.41, 5.74) is -1.14. The van der Waals surface area contributed by atoms with E-state index < -0.39 is 16.8 Å². The maximum Gasteiger partial charge on any atom is 0.410 e. The second-order valence-electron chi connectivity index (χ2n) is 12.5. The molecule has 0 unspecified atom stereocenters. The molecule has 14 heteroatoms. The number of nitrogens with zero attached hydrogens (tertiary/aromatic N) is 4. The first-order valence-electron chi connectivity index (χ1n) is 14.7. The van der Waals surface area contributed by atoms with Gasteiger partial charge in [0.15, 0.2) is 0 Å². The van der Waals surface area contributed by atoms with Crippen LogP contribution in [0.15, 0.2) is 23.1 Å². The SMILES string of the molecule is COc1cc(OC)c(Cl)c(-c2cc3cnc(NCC(C)(C)O)nc3n(CCOC3CCN(C(=O)OC(C)(C)C)CC3)c2=O)c1Cl. The number of nitrogens with one attached hydrogen (secondary N) is 1. The van der Waals surface area contributed by atoms with Crippen LogP contribution in [0.3, 0.4) is 0 Å². The zero-order valence-electron chi connectivity index (χ0n) is 26.7. The number of fused-ring (bicyclic) bond motifs is 1. The number of ether oxygens (including phenoxy) is 4. The van der Waals surface area contributed by atoms with Gasteiger partial charge in [-0.2, -0.15) is 4.98 Å². The summed E-state index contributed by atoms with van der Waals surface area (Å²) in [6.07, 6.45) is 2.42. The van der Waals surface area contributed by atoms with Gasteiger partial charge in [-0.05, 0) is 53.5 Å². The normalized spacial score (nSPS) is 14.5. The van der Waals surface area contributed by atoms with E-state index in [4.69, 9.17) is 42.1 Å². The minimum absolute atomic E-state index is 0.0981. The molecule has 1 aromatic carbocycles. The fourth-order valence-corrected chi connectivity index (χ4v) is 5.59. The minimum Gasteiger partial charge on any atom is -0.495 e. The fraction of sp³-hybridized carbons (Fsp3) is 0.548. The van der Waals surface area contributed by atoms with Crippen LogP contribution < -0.4 is 20.3 Å². The molecule has 2 N–H and O–H groups in total. The molecule has 1 aliphatic rings. The third-order valence-electron chi connectivity index (χ3n) is 7.11. The number of piperidine rings is 1. The third kappa shape index (κ3) is 8.49. The third-order valence-corrected chi connectivity index (χ3v) is 7.86. The van der Waals surface area contributed by atoms with E-state index in [-0.39, 0.29) is 59.0 Å². The monoisotopic (exact) mass is 665 g/mol. The van der Waals surface area contributed by atoms with Crippen molar-refractivity contribution in [3.05, 3.63) is 38.7 Å². The molecule has 246 valence electrons. The van der Waals surface area contributed by atoms with Gasteiger partial charge in [0.05, 0.1) is 54.7 Å². The highest BCUT2D eigenvalue weighted by Crippen LogP contribution is 2.45. The van der Waals surface area contributed by atoms with Crippen molar-refractivity contribution in [2.75, 3.05) is 45.8 Å². The Morgan fingerprint density at radius 1 is 1.07 bits per heavy atom. The first kappa shape index (κ1) is 34.6. The number of benzene rings is 1. The van der Waals surface area contributed by atoms with Gasteiger partial charge in [0.2, 0.25) is 5.95 Å². The molecule has 0 atom stereocenters. The number of methoxy groups -OCH3 is 2. The number of anilines is 1. The highest BCUT2D eigenvalue weighted by Gasteiger charge is 2.28. The summed E-state index contributed by atoms with van der Waals surface area (Å²) in [6, 6.07) is 3.19. The van der Waals surface area contributed by atoms with E-state index in [9.17, 15) is 14.7 Å². The molecule has 12 nitrogen and oxygen atoms in total. The van der Waals surface area contributed by atoms with E-state index in [0.29, 0.717) is 48.5 Å². The van der Waals surface area contributed by atoms with Gasteiger partial charge in [0, 0.05) is 42.8 Å². The lowest BCUT2D eigenvalue weighted by Gasteiger charge is -2.33. The van der Waals surface area contributed by atoms with Crippen LogP contribution in [0.2, 0.25) is 10.0 Å². The molecule has 0 spiro atoms. The maximum absolute atomic E-state index is 14.2. The van der Waals surface area contributed by atoms with Gasteiger partial charge < -0.3 is 34.3 Å². The molecule has 3 heterocycles. The number of hydrogen-bond acceptors (Lipinski definition) is 10. The van der Waals surface area contributed by atoms with Crippen LogP contribution in [0.5, 0.6) is 11.5 Å². The quantitative estimate of drug-likeness (QED) is 0.290. The zero-order valence-corrected chi connectivity index (χ0v) is 28.2. The Bertz CT molecular complexity index is 1560. The molecule has 3 aromatic rings. The lowest BCUT2D eigenvalue weighted by atomic mass is 10.0. The summed E-state index contributed by atoms with van der Waals surface area (Å²) < 4.78 is 24.0. The van der Waals surface area contributed by atoms with Crippen LogP contribution in [-0.2, 0) is 16.0 Å². The lowest BCUT2D eigenvalue weighted by Crippen LogP contribution is -2.43. The second kappa shape index (κ2) is 14.0. The van der Waals surface area contributed by atoms with Crippen molar-refractivity contribution in [1.29, 1.82) is 0 Å². The van der Waals surface area contributed by atoms with E-state index >= 15 is 0 Å². The molecule has 0 aliphatic carbocycles. The topological polar surface area (TPSA) is 137 Å². The van der Waals surface area contributed by atoms with Crippen molar-refractivity contribution in [2.45, 2.75) is 71.3 Å². The van der Waals surface area contributed by atoms with Gasteiger partial charge >= 0.3 is 6.09 Å². The summed E-state index contributed by atoms with van der Waals surface area (Å²) >= 11 is 13.4. The van der Waals surface area contributed by atoms with Crippen LogP contribution in [0.1, 0.15) is 47.5 Å². The summed E-state index contributed by atoms with van der Waals surface area (Å²) in [7, 11) is 2.92. The number of carbonyl (C=O) groups excluding carboxylic acids is 1. The number of hydrogen-bond donors (Lipinski definition) is 2. The Balaban J connectivity index is 1.65. The summed E-state index contributed by atoms with van der Waals surface area (Å²) in [5.74, 6) is 0.838. The smallest absolute Gasteiger partial charge is 0.410 e. The highest BCUT2D eigenvalue weighted by atomic mass is 35.5. The Hall–Kier alpha value is -3.32. The molecular formula is C31H41Cl2N5O7. The number of pyridine rings is 1. The number of carbonyl (C=O) groups is 1. The Morgan fingerprint density at radius 2 is 1.69 bits per heavy atom. The van der Waals surface area contributed by atoms with Crippen LogP contribution in [0, 0.1) is 0 Å². The van der Waals surface area contributed by atoms with Crippen LogP contribution in [0.25, 0.3) is 22.2 Å². The van der Waals surface area contributed by atoms with Crippen molar-refractivity contribution >= 4 is 46.3 Å². The first-order valence-corrected chi connectivity index (χ1v) is 15.4. The van der Waals surface area contributed by atoms with Crippen molar-refractivity contribution in [2.24, 2.45) is 0 Å². The average molecular weight is 667 g/mol. The van der Waals surface area contributed by atoms with Gasteiger partial charge in [0.25, 0.3) is 5.56 Å². The lowest BCUT2D eigenvalue weighted by molar-refractivity contribution is -0.0130. The summed E-state index contributed by atoms with van der Waals surface area (Å²) in [6.45, 7) is 10.4. The van der Waals surface area contributed by atoms with E-state index in [2.05, 4.69) is 15.3 Å². The molecule has 1 saturated heterocycles. The molecule has 45 heavy (non-hydrogen) atoms. The molecule has 2 aromatic heterocycles. The van der Waals surface area contributed by atoms with Crippen molar-refractivity contribution in [3.8, 4) is 22.6 Å². The van der Waals surface area contributed by atoms with Crippen molar-refractivity contribution in [1.82, 2.24) is 19.4 Å². The van der Waals surface area contributed by atoms with E-state index in [0.717, 1.165) is 0 Å². The van der Waals surface area contributed by atoms with Crippen LogP contribution >= 0.6 is 23.2 Å². The van der Waals surface area contributed by atoms with E-state index in [1.165, 1.54) is 18.8 Å². The number of aliphatic hydroxyl groups is 1. The van der Waals surface area contributed by atoms with Crippen molar-refractivity contribution in [3.63, 3.8) is 0 Å². The van der Waals surface area contributed by atoms with Crippen molar-refractivity contribution < 1.29 is 28.8 Å². The molecule has 0 radical (unpaired) electrons. The highest BCUT2D eigenvalue weighted by molar-refractivity contribution is 6.41. The standard InChI is InChI=1S/C31H41Cl2N5O7/c1-30(2,3)45-29(40)37-10-8-19(9-11-37)44-13-12-38-26-18(16-34-28(36-26)35-17-31(4,5)41)14-20(27(38)39)23-24(32)21(42-6)15-22(43-7)25(23)33/h14-16,19,41H,8-13,17H2,1-7H3,(H,34,35,36). The number of rotatable bonds is 10. The van der Waals surface area contributed by atoms with Crippen LogP contribution in [0.4, 0.5) is 10.7 Å². The predicted octanol–water partition coefficient (Wildman–Crippen LogP) is 5.38. The molecule has 1 aliphatic heterocycles. The maximum atomic E-state index is 14.2. The van der Waals surface area contributed by atoms with E-state index in [1.807, 2.05) is 20.8 Å². The predicted molar refractivity (Wildman–Crippen MR) is 174 cm³/mol. The van der Waals surface area contributed by atoms with Gasteiger partial charge in [-0.1, -0.05) is 23.2 Å². The van der Waals surface area contributed by atoms with Crippen LogP contribution in [-0.4, -0.2) is 88.4 Å². The van der Waals surface area contributed by atoms with Gasteiger partial charge in [0.1, 0.15) is 22.7 Å². The van der Waals surface area contributed by atoms with E-state index in [1.54, 1.807) is 37.1 Å². The first-order chi connectivity index (χ1) is 21.1. The molecule has 0 bridgehead atoms. The molecule has 1 fully saturated rings. The number of aromatic nitrogens is 3. The molecular weight excluding hydrogens is 625 g/mol. The molecule has 4 rings (SSSR count). The minimum atomic E-state index is -1.01. The number of likely N-dealkylation sites (tertiary alicyclic amines) is 1. The molecule has 0 saturated carbocycles. The zero-order chi connectivity index (χ0) is 33.1. The number of halogens is 2. The largest absolute Gasteiger partial charge is 0.495 e. The van der Waals surface area contributed by atoms with Gasteiger partial charge in [-0.15, -0.1) is 0 Å². The fourth-order valence-electron chi connectivity index (χ4n) is 4.89. The Kier molecular flexibility index (Phi) is 10.7.